The lowest BCUT2D eigenvalue weighted by atomic mass is 9.88. The molecule has 2 aliphatic rings. The number of nitrogens with one attached hydrogen (secondary N) is 1. The van der Waals surface area contributed by atoms with E-state index in [2.05, 4.69) is 36.5 Å². The third kappa shape index (κ3) is 3.54. The molecular formula is C18H27NO. The Hall–Kier alpha value is -1.02. The lowest BCUT2D eigenvalue weighted by Gasteiger charge is -2.21. The lowest BCUT2D eigenvalue weighted by molar-refractivity contribution is 0.302. The van der Waals surface area contributed by atoms with E-state index >= 15 is 0 Å². The smallest absolute Gasteiger partial charge is 0.120 e. The van der Waals surface area contributed by atoms with Gasteiger partial charge >= 0.3 is 0 Å². The van der Waals surface area contributed by atoms with Gasteiger partial charge in [0.25, 0.3) is 0 Å². The van der Waals surface area contributed by atoms with Crippen molar-refractivity contribution in [3.63, 3.8) is 0 Å². The van der Waals surface area contributed by atoms with Crippen LogP contribution in [0.1, 0.15) is 56.9 Å². The molecule has 1 N–H and O–H groups in total. The predicted octanol–water partition coefficient (Wildman–Crippen LogP) is 4.11. The van der Waals surface area contributed by atoms with Crippen molar-refractivity contribution in [2.75, 3.05) is 13.1 Å². The highest BCUT2D eigenvalue weighted by Crippen LogP contribution is 2.40. The molecule has 2 fully saturated rings. The second kappa shape index (κ2) is 6.62. The van der Waals surface area contributed by atoms with Crippen molar-refractivity contribution in [3.8, 4) is 5.75 Å². The monoisotopic (exact) mass is 273 g/mol. The Bertz CT molecular complexity index is 427. The third-order valence-corrected chi connectivity index (χ3v) is 4.61. The van der Waals surface area contributed by atoms with E-state index in [1.165, 1.54) is 50.6 Å². The first kappa shape index (κ1) is 13.9. The van der Waals surface area contributed by atoms with E-state index in [1.54, 1.807) is 0 Å². The minimum Gasteiger partial charge on any atom is -0.490 e. The summed E-state index contributed by atoms with van der Waals surface area (Å²) < 4.78 is 5.94. The van der Waals surface area contributed by atoms with Crippen LogP contribution >= 0.6 is 0 Å². The number of hydrogen-bond donors (Lipinski definition) is 1. The van der Waals surface area contributed by atoms with Crippen molar-refractivity contribution in [3.05, 3.63) is 29.8 Å². The molecule has 0 aromatic heterocycles. The molecule has 2 atom stereocenters. The molecule has 3 rings (SSSR count). The molecule has 110 valence electrons. The predicted molar refractivity (Wildman–Crippen MR) is 83.3 cm³/mol. The van der Waals surface area contributed by atoms with Crippen LogP contribution in [-0.2, 0) is 0 Å². The summed E-state index contributed by atoms with van der Waals surface area (Å²) in [4.78, 5) is 0. The molecule has 2 nitrogen and oxygen atoms in total. The Kier molecular flexibility index (Phi) is 4.62. The first-order valence-corrected chi connectivity index (χ1v) is 8.34. The van der Waals surface area contributed by atoms with E-state index in [0.29, 0.717) is 6.10 Å². The average Bonchev–Trinajstić information content (AvgIpc) is 3.15. The lowest BCUT2D eigenvalue weighted by Crippen LogP contribution is -2.25. The fourth-order valence-electron chi connectivity index (χ4n) is 3.38. The van der Waals surface area contributed by atoms with Crippen molar-refractivity contribution in [2.24, 2.45) is 5.92 Å². The molecule has 2 unspecified atom stereocenters. The van der Waals surface area contributed by atoms with E-state index in [1.807, 2.05) is 0 Å². The Morgan fingerprint density at radius 2 is 2.10 bits per heavy atom. The normalized spacial score (nSPS) is 25.9. The molecule has 0 radical (unpaired) electrons. The Morgan fingerprint density at radius 1 is 1.20 bits per heavy atom. The molecule has 1 aromatic carbocycles. The van der Waals surface area contributed by atoms with Gasteiger partial charge in [-0.15, -0.1) is 0 Å². The van der Waals surface area contributed by atoms with Crippen LogP contribution in [-0.4, -0.2) is 19.2 Å². The maximum absolute atomic E-state index is 5.94. The highest BCUT2D eigenvalue weighted by atomic mass is 16.5. The molecule has 0 aliphatic heterocycles. The highest BCUT2D eigenvalue weighted by molar-refractivity contribution is 5.32. The Labute approximate surface area is 122 Å². The van der Waals surface area contributed by atoms with E-state index in [0.717, 1.165) is 24.1 Å². The van der Waals surface area contributed by atoms with Crippen LogP contribution in [0.25, 0.3) is 0 Å². The summed E-state index contributed by atoms with van der Waals surface area (Å²) in [5.41, 5.74) is 1.49. The van der Waals surface area contributed by atoms with Gasteiger partial charge in [0.15, 0.2) is 0 Å². The summed E-state index contributed by atoms with van der Waals surface area (Å²) in [5.74, 6) is 2.61. The second-order valence-electron chi connectivity index (χ2n) is 6.39. The summed E-state index contributed by atoms with van der Waals surface area (Å²) in [6.45, 7) is 4.55. The van der Waals surface area contributed by atoms with Gasteiger partial charge in [-0.2, -0.15) is 0 Å². The van der Waals surface area contributed by atoms with Crippen LogP contribution < -0.4 is 10.1 Å². The molecule has 2 heteroatoms. The van der Waals surface area contributed by atoms with Crippen molar-refractivity contribution >= 4 is 0 Å². The summed E-state index contributed by atoms with van der Waals surface area (Å²) in [7, 11) is 0. The molecule has 1 aromatic rings. The Morgan fingerprint density at radius 3 is 2.90 bits per heavy atom. The first-order valence-electron chi connectivity index (χ1n) is 8.34. The van der Waals surface area contributed by atoms with Crippen molar-refractivity contribution in [1.29, 1.82) is 0 Å². The Balaban J connectivity index is 1.63. The van der Waals surface area contributed by atoms with Crippen molar-refractivity contribution in [2.45, 2.75) is 57.5 Å². The number of ether oxygens (including phenoxy) is 1. The van der Waals surface area contributed by atoms with Crippen LogP contribution in [0.5, 0.6) is 5.75 Å². The first-order chi connectivity index (χ1) is 9.86. The zero-order valence-electron chi connectivity index (χ0n) is 12.6. The van der Waals surface area contributed by atoms with Gasteiger partial charge in [-0.25, -0.2) is 0 Å². The zero-order chi connectivity index (χ0) is 13.8. The van der Waals surface area contributed by atoms with Crippen molar-refractivity contribution in [1.82, 2.24) is 5.32 Å². The SMILES string of the molecule is CCCNCC1CCCC1c1cccc(OC2CC2)c1. The maximum atomic E-state index is 5.94. The quantitative estimate of drug-likeness (QED) is 0.755. The molecule has 2 saturated carbocycles. The summed E-state index contributed by atoms with van der Waals surface area (Å²) in [6, 6.07) is 8.87. The van der Waals surface area contributed by atoms with Crippen LogP contribution in [0.15, 0.2) is 24.3 Å². The van der Waals surface area contributed by atoms with Gasteiger partial charge in [-0.3, -0.25) is 0 Å². The third-order valence-electron chi connectivity index (χ3n) is 4.61. The van der Waals surface area contributed by atoms with E-state index in [9.17, 15) is 0 Å². The van der Waals surface area contributed by atoms with Gasteiger partial charge in [0.1, 0.15) is 5.75 Å². The van der Waals surface area contributed by atoms with Crippen LogP contribution in [0.3, 0.4) is 0 Å². The van der Waals surface area contributed by atoms with E-state index in [-0.39, 0.29) is 0 Å². The molecule has 2 aliphatic carbocycles. The van der Waals surface area contributed by atoms with Crippen LogP contribution in [0, 0.1) is 5.92 Å². The minimum atomic E-state index is 0.496. The minimum absolute atomic E-state index is 0.496. The second-order valence-corrected chi connectivity index (χ2v) is 6.39. The van der Waals surface area contributed by atoms with Gasteiger partial charge < -0.3 is 10.1 Å². The van der Waals surface area contributed by atoms with E-state index in [4.69, 9.17) is 4.74 Å². The number of hydrogen-bond acceptors (Lipinski definition) is 2. The van der Waals surface area contributed by atoms with Gasteiger partial charge in [0.2, 0.25) is 0 Å². The average molecular weight is 273 g/mol. The molecule has 0 amide bonds. The van der Waals surface area contributed by atoms with E-state index < -0.39 is 0 Å². The van der Waals surface area contributed by atoms with Crippen LogP contribution in [0.4, 0.5) is 0 Å². The van der Waals surface area contributed by atoms with Gasteiger partial charge in [-0.1, -0.05) is 25.5 Å². The zero-order valence-corrected chi connectivity index (χ0v) is 12.6. The fraction of sp³-hybridized carbons (Fsp3) is 0.667. The van der Waals surface area contributed by atoms with Gasteiger partial charge in [0.05, 0.1) is 6.10 Å². The highest BCUT2D eigenvalue weighted by Gasteiger charge is 2.29. The molecule has 20 heavy (non-hydrogen) atoms. The summed E-state index contributed by atoms with van der Waals surface area (Å²) >= 11 is 0. The number of rotatable bonds is 7. The van der Waals surface area contributed by atoms with Crippen molar-refractivity contribution < 1.29 is 4.74 Å². The van der Waals surface area contributed by atoms with Gasteiger partial charge in [-0.05, 0) is 74.7 Å². The molecule has 0 bridgehead atoms. The molecule has 0 saturated heterocycles. The molecular weight excluding hydrogens is 246 g/mol. The summed E-state index contributed by atoms with van der Waals surface area (Å²) in [6.07, 6.45) is 8.27. The largest absolute Gasteiger partial charge is 0.490 e. The standard InChI is InChI=1S/C18H27NO/c1-2-11-19-13-15-6-4-8-18(15)14-5-3-7-17(12-14)20-16-9-10-16/h3,5,7,12,15-16,18-19H,2,4,6,8-11,13H2,1H3. The van der Waals surface area contributed by atoms with Gasteiger partial charge in [0, 0.05) is 0 Å². The molecule has 0 spiro atoms. The number of benzene rings is 1. The fourth-order valence-corrected chi connectivity index (χ4v) is 3.38. The maximum Gasteiger partial charge on any atom is 0.120 e. The topological polar surface area (TPSA) is 21.3 Å². The van der Waals surface area contributed by atoms with Crippen LogP contribution in [0.2, 0.25) is 0 Å². The summed E-state index contributed by atoms with van der Waals surface area (Å²) in [5, 5.41) is 3.60. The molecule has 0 heterocycles.